The molecule has 0 bridgehead atoms. The third-order valence-corrected chi connectivity index (χ3v) is 2.23. The summed E-state index contributed by atoms with van der Waals surface area (Å²) < 4.78 is 9.78. The number of carbonyl (C=O) groups is 2. The van der Waals surface area contributed by atoms with Gasteiger partial charge in [-0.2, -0.15) is 0 Å². The maximum atomic E-state index is 11.6. The number of hydrogen-bond donors (Lipinski definition) is 2. The van der Waals surface area contributed by atoms with E-state index in [1.54, 1.807) is 20.8 Å². The van der Waals surface area contributed by atoms with Crippen LogP contribution in [0.15, 0.2) is 0 Å². The van der Waals surface area contributed by atoms with Crippen LogP contribution in [-0.2, 0) is 14.3 Å². The van der Waals surface area contributed by atoms with Gasteiger partial charge in [-0.3, -0.25) is 0 Å². The maximum absolute atomic E-state index is 11.6. The summed E-state index contributed by atoms with van der Waals surface area (Å²) in [6.45, 7) is 5.76. The van der Waals surface area contributed by atoms with Crippen molar-refractivity contribution in [2.75, 3.05) is 12.6 Å². The van der Waals surface area contributed by atoms with Crippen molar-refractivity contribution < 1.29 is 19.1 Å². The Morgan fingerprint density at radius 1 is 1.32 bits per heavy atom. The summed E-state index contributed by atoms with van der Waals surface area (Å²) in [6, 6.07) is -1.01. The highest BCUT2D eigenvalue weighted by molar-refractivity contribution is 6.17. The van der Waals surface area contributed by atoms with E-state index in [0.29, 0.717) is 19.4 Å². The summed E-state index contributed by atoms with van der Waals surface area (Å²) >= 11 is 5.34. The third-order valence-electron chi connectivity index (χ3n) is 2.12. The molecule has 0 spiro atoms. The Kier molecular flexibility index (Phi) is 8.51. The van der Waals surface area contributed by atoms with Crippen molar-refractivity contribution in [1.82, 2.24) is 5.32 Å². The Labute approximate surface area is 118 Å². The van der Waals surface area contributed by atoms with E-state index in [1.807, 2.05) is 0 Å². The molecule has 0 fully saturated rings. The van der Waals surface area contributed by atoms with Gasteiger partial charge >= 0.3 is 12.1 Å². The number of nitrogens with two attached hydrogens (primary N) is 1. The molecule has 0 rings (SSSR count). The number of carbonyl (C=O) groups excluding carboxylic acids is 2. The molecule has 0 aliphatic heterocycles. The van der Waals surface area contributed by atoms with Crippen LogP contribution >= 0.6 is 11.6 Å². The smallest absolute Gasteiger partial charge is 0.408 e. The first kappa shape index (κ1) is 18.0. The number of rotatable bonds is 7. The largest absolute Gasteiger partial charge is 0.448 e. The molecule has 1 atom stereocenters. The molecule has 0 saturated heterocycles. The summed E-state index contributed by atoms with van der Waals surface area (Å²) in [5.41, 5.74) is 4.76. The lowest BCUT2D eigenvalue weighted by Gasteiger charge is -2.22. The van der Waals surface area contributed by atoms with E-state index >= 15 is 0 Å². The van der Waals surface area contributed by atoms with Crippen LogP contribution in [0.2, 0.25) is 0 Å². The lowest BCUT2D eigenvalue weighted by Crippen LogP contribution is -2.44. The highest BCUT2D eigenvalue weighted by Gasteiger charge is 2.24. The quantitative estimate of drug-likeness (QED) is 0.424. The molecule has 112 valence electrons. The molecule has 1 unspecified atom stereocenters. The van der Waals surface area contributed by atoms with Gasteiger partial charge in [0.2, 0.25) is 0 Å². The molecule has 0 saturated carbocycles. The number of ether oxygens (including phenoxy) is 2. The van der Waals surface area contributed by atoms with E-state index in [0.717, 1.165) is 6.42 Å². The van der Waals surface area contributed by atoms with Crippen LogP contribution in [-0.4, -0.2) is 36.3 Å². The first-order valence-corrected chi connectivity index (χ1v) is 6.75. The third kappa shape index (κ3) is 9.55. The van der Waals surface area contributed by atoms with E-state index in [4.69, 9.17) is 26.8 Å². The summed E-state index contributed by atoms with van der Waals surface area (Å²) in [7, 11) is 0. The SMILES string of the molecule is CC(C)(C)OC(=O)NC(CCCCN)C(=O)OCCl. The Balaban J connectivity index is 4.39. The number of nitrogens with one attached hydrogen (secondary N) is 1. The second-order valence-electron chi connectivity index (χ2n) is 5.06. The Bertz CT molecular complexity index is 292. The molecular weight excluding hydrogens is 272 g/mol. The van der Waals surface area contributed by atoms with Gasteiger partial charge in [-0.15, -0.1) is 0 Å². The van der Waals surface area contributed by atoms with Crippen LogP contribution in [0.4, 0.5) is 4.79 Å². The molecule has 7 heteroatoms. The Hall–Kier alpha value is -1.01. The molecule has 6 nitrogen and oxygen atoms in total. The zero-order valence-corrected chi connectivity index (χ0v) is 12.5. The van der Waals surface area contributed by atoms with Gasteiger partial charge < -0.3 is 20.5 Å². The van der Waals surface area contributed by atoms with Crippen LogP contribution in [0.25, 0.3) is 0 Å². The number of alkyl halides is 1. The number of amides is 1. The molecule has 0 aliphatic carbocycles. The van der Waals surface area contributed by atoms with Gasteiger partial charge in [-0.25, -0.2) is 9.59 Å². The minimum absolute atomic E-state index is 0.248. The molecule has 0 aromatic heterocycles. The molecule has 0 aromatic rings. The first-order valence-electron chi connectivity index (χ1n) is 6.22. The van der Waals surface area contributed by atoms with E-state index in [1.165, 1.54) is 0 Å². The van der Waals surface area contributed by atoms with E-state index < -0.39 is 23.7 Å². The van der Waals surface area contributed by atoms with Crippen molar-refractivity contribution in [1.29, 1.82) is 0 Å². The highest BCUT2D eigenvalue weighted by atomic mass is 35.5. The van der Waals surface area contributed by atoms with Crippen LogP contribution in [0.3, 0.4) is 0 Å². The molecule has 0 heterocycles. The normalized spacial score (nSPS) is 12.7. The van der Waals surface area contributed by atoms with Gasteiger partial charge in [0.1, 0.15) is 11.6 Å². The average Bonchev–Trinajstić information content (AvgIpc) is 2.25. The van der Waals surface area contributed by atoms with Gasteiger partial charge in [-0.1, -0.05) is 11.6 Å². The van der Waals surface area contributed by atoms with Crippen molar-refractivity contribution in [2.24, 2.45) is 5.73 Å². The van der Waals surface area contributed by atoms with Gasteiger partial charge in [0, 0.05) is 0 Å². The van der Waals surface area contributed by atoms with E-state index in [-0.39, 0.29) is 6.07 Å². The number of esters is 1. The average molecular weight is 295 g/mol. The minimum atomic E-state index is -0.764. The zero-order valence-electron chi connectivity index (χ0n) is 11.7. The first-order chi connectivity index (χ1) is 8.80. The highest BCUT2D eigenvalue weighted by Crippen LogP contribution is 2.09. The van der Waals surface area contributed by atoms with Crippen molar-refractivity contribution in [3.63, 3.8) is 0 Å². The van der Waals surface area contributed by atoms with Crippen LogP contribution in [0.5, 0.6) is 0 Å². The molecule has 3 N–H and O–H groups in total. The molecule has 19 heavy (non-hydrogen) atoms. The summed E-state index contributed by atoms with van der Waals surface area (Å²) in [4.78, 5) is 23.2. The van der Waals surface area contributed by atoms with Gasteiger partial charge in [-0.05, 0) is 46.6 Å². The van der Waals surface area contributed by atoms with Gasteiger partial charge in [0.25, 0.3) is 0 Å². The second-order valence-corrected chi connectivity index (χ2v) is 5.27. The number of hydrogen-bond acceptors (Lipinski definition) is 5. The fourth-order valence-electron chi connectivity index (χ4n) is 1.35. The predicted octanol–water partition coefficient (Wildman–Crippen LogP) is 1.75. The monoisotopic (exact) mass is 294 g/mol. The van der Waals surface area contributed by atoms with Gasteiger partial charge in [0.15, 0.2) is 6.07 Å². The fraction of sp³-hybridized carbons (Fsp3) is 0.833. The number of alkyl carbamates (subject to hydrolysis) is 1. The molecular formula is C12H23ClN2O4. The number of unbranched alkanes of at least 4 members (excludes halogenated alkanes) is 1. The van der Waals surface area contributed by atoms with E-state index in [9.17, 15) is 9.59 Å². The number of halogens is 1. The summed E-state index contributed by atoms with van der Waals surface area (Å²) in [5.74, 6) is -0.571. The lowest BCUT2D eigenvalue weighted by atomic mass is 10.1. The van der Waals surface area contributed by atoms with Crippen LogP contribution in [0.1, 0.15) is 40.0 Å². The maximum Gasteiger partial charge on any atom is 0.408 e. The lowest BCUT2D eigenvalue weighted by molar-refractivity contribution is -0.144. The summed E-state index contributed by atoms with van der Waals surface area (Å²) in [6.07, 6.45) is 1.25. The fourth-order valence-corrected chi connectivity index (χ4v) is 1.45. The van der Waals surface area contributed by atoms with Crippen molar-refractivity contribution in [3.05, 3.63) is 0 Å². The minimum Gasteiger partial charge on any atom is -0.448 e. The molecule has 0 aromatic carbocycles. The van der Waals surface area contributed by atoms with Crippen LogP contribution in [0, 0.1) is 0 Å². The molecule has 0 aliphatic rings. The van der Waals surface area contributed by atoms with Crippen LogP contribution < -0.4 is 11.1 Å². The van der Waals surface area contributed by atoms with E-state index in [2.05, 4.69) is 5.32 Å². The molecule has 0 radical (unpaired) electrons. The van der Waals surface area contributed by atoms with Gasteiger partial charge in [0.05, 0.1) is 0 Å². The standard InChI is InChI=1S/C12H23ClN2O4/c1-12(2,3)19-11(17)15-9(6-4-5-7-14)10(16)18-8-13/h9H,4-8,14H2,1-3H3,(H,15,17). The van der Waals surface area contributed by atoms with Crippen molar-refractivity contribution in [2.45, 2.75) is 51.7 Å². The topological polar surface area (TPSA) is 90.6 Å². The summed E-state index contributed by atoms with van der Waals surface area (Å²) in [5, 5.41) is 2.48. The Morgan fingerprint density at radius 2 is 1.95 bits per heavy atom. The molecule has 1 amide bonds. The zero-order chi connectivity index (χ0) is 14.9. The second kappa shape index (κ2) is 8.98. The predicted molar refractivity (Wildman–Crippen MR) is 72.9 cm³/mol. The van der Waals surface area contributed by atoms with Crippen molar-refractivity contribution >= 4 is 23.7 Å². The van der Waals surface area contributed by atoms with Crippen molar-refractivity contribution in [3.8, 4) is 0 Å². The Morgan fingerprint density at radius 3 is 2.42 bits per heavy atom.